The molecule has 0 bridgehead atoms. The minimum atomic E-state index is -3.58. The number of hydrogen-bond donors (Lipinski definition) is 2. The van der Waals surface area contributed by atoms with Crippen LogP contribution in [0.25, 0.3) is 0 Å². The van der Waals surface area contributed by atoms with Crippen LogP contribution in [0.4, 0.5) is 0 Å². The summed E-state index contributed by atoms with van der Waals surface area (Å²) in [4.78, 5) is 0.0817. The average Bonchev–Trinajstić information content (AvgIpc) is 2.98. The average molecular weight is 365 g/mol. The van der Waals surface area contributed by atoms with E-state index in [1.54, 1.807) is 11.3 Å². The molecule has 8 heteroatoms. The fourth-order valence-corrected chi connectivity index (χ4v) is 4.25. The summed E-state index contributed by atoms with van der Waals surface area (Å²) in [7, 11) is -3.58. The van der Waals surface area contributed by atoms with Crippen LogP contribution < -0.4 is 10.5 Å². The molecule has 0 spiro atoms. The molecule has 0 saturated heterocycles. The first-order valence-corrected chi connectivity index (χ1v) is 8.74. The van der Waals surface area contributed by atoms with Crippen molar-refractivity contribution >= 4 is 37.3 Å². The summed E-state index contributed by atoms with van der Waals surface area (Å²) in [6, 6.07) is 3.40. The number of rotatable bonds is 6. The van der Waals surface area contributed by atoms with E-state index in [0.717, 1.165) is 5.56 Å². The SMILES string of the molecule is NCc1cc(S(=O)(=O)NCCc2ccsc2)c(Br)o1. The molecule has 0 unspecified atom stereocenters. The summed E-state index contributed by atoms with van der Waals surface area (Å²) >= 11 is 4.67. The highest BCUT2D eigenvalue weighted by atomic mass is 79.9. The smallest absolute Gasteiger partial charge is 0.244 e. The number of sulfonamides is 1. The van der Waals surface area contributed by atoms with Crippen molar-refractivity contribution in [2.24, 2.45) is 5.73 Å². The maximum Gasteiger partial charge on any atom is 0.244 e. The van der Waals surface area contributed by atoms with Crippen molar-refractivity contribution in [3.05, 3.63) is 38.9 Å². The van der Waals surface area contributed by atoms with E-state index in [4.69, 9.17) is 10.2 Å². The number of hydrogen-bond acceptors (Lipinski definition) is 5. The van der Waals surface area contributed by atoms with Gasteiger partial charge in [0, 0.05) is 12.6 Å². The fourth-order valence-electron chi connectivity index (χ4n) is 1.52. The van der Waals surface area contributed by atoms with Crippen LogP contribution in [-0.2, 0) is 23.0 Å². The van der Waals surface area contributed by atoms with E-state index in [1.807, 2.05) is 16.8 Å². The van der Waals surface area contributed by atoms with Crippen molar-refractivity contribution in [2.75, 3.05) is 6.54 Å². The first kappa shape index (κ1) is 14.7. The van der Waals surface area contributed by atoms with Crippen LogP contribution in [0.5, 0.6) is 0 Å². The molecule has 0 saturated carbocycles. The van der Waals surface area contributed by atoms with Crippen molar-refractivity contribution in [3.63, 3.8) is 0 Å². The molecule has 0 atom stereocenters. The number of halogens is 1. The van der Waals surface area contributed by atoms with E-state index in [9.17, 15) is 8.42 Å². The van der Waals surface area contributed by atoms with Gasteiger partial charge < -0.3 is 10.2 Å². The van der Waals surface area contributed by atoms with Gasteiger partial charge in [0.15, 0.2) is 4.67 Å². The summed E-state index contributed by atoms with van der Waals surface area (Å²) in [5.74, 6) is 0.421. The summed E-state index contributed by atoms with van der Waals surface area (Å²) in [6.45, 7) is 0.498. The maximum atomic E-state index is 12.1. The Labute approximate surface area is 124 Å². The lowest BCUT2D eigenvalue weighted by Crippen LogP contribution is -2.25. The molecule has 104 valence electrons. The number of thiophene rings is 1. The second-order valence-electron chi connectivity index (χ2n) is 3.83. The predicted molar refractivity (Wildman–Crippen MR) is 77.5 cm³/mol. The Hall–Kier alpha value is -0.670. The van der Waals surface area contributed by atoms with Crippen molar-refractivity contribution in [1.29, 1.82) is 0 Å². The number of furan rings is 1. The van der Waals surface area contributed by atoms with Crippen molar-refractivity contribution in [1.82, 2.24) is 4.72 Å². The van der Waals surface area contributed by atoms with Crippen LogP contribution in [0.2, 0.25) is 0 Å². The van der Waals surface area contributed by atoms with Crippen LogP contribution in [0.3, 0.4) is 0 Å². The van der Waals surface area contributed by atoms with Crippen molar-refractivity contribution in [2.45, 2.75) is 17.9 Å². The van der Waals surface area contributed by atoms with Gasteiger partial charge >= 0.3 is 0 Å². The topological polar surface area (TPSA) is 85.3 Å². The van der Waals surface area contributed by atoms with Crippen molar-refractivity contribution in [3.8, 4) is 0 Å². The molecule has 0 amide bonds. The van der Waals surface area contributed by atoms with E-state index in [2.05, 4.69) is 20.7 Å². The molecule has 0 aliphatic heterocycles. The zero-order valence-electron chi connectivity index (χ0n) is 9.93. The first-order valence-electron chi connectivity index (χ1n) is 5.52. The lowest BCUT2D eigenvalue weighted by molar-refractivity contribution is 0.483. The maximum absolute atomic E-state index is 12.1. The Morgan fingerprint density at radius 3 is 2.84 bits per heavy atom. The van der Waals surface area contributed by atoms with Gasteiger partial charge in [0.25, 0.3) is 0 Å². The minimum Gasteiger partial charge on any atom is -0.452 e. The molecule has 2 rings (SSSR count). The molecule has 5 nitrogen and oxygen atoms in total. The van der Waals surface area contributed by atoms with Gasteiger partial charge in [-0.05, 0) is 44.7 Å². The van der Waals surface area contributed by atoms with Crippen LogP contribution in [0.15, 0.2) is 36.9 Å². The molecule has 0 aliphatic rings. The summed E-state index contributed by atoms with van der Waals surface area (Å²) in [5, 5.41) is 3.96. The molecule has 0 radical (unpaired) electrons. The molecule has 3 N–H and O–H groups in total. The third-order valence-corrected chi connectivity index (χ3v) is 5.53. The van der Waals surface area contributed by atoms with Crippen LogP contribution in [0, 0.1) is 0 Å². The van der Waals surface area contributed by atoms with Gasteiger partial charge in [0.1, 0.15) is 10.7 Å². The molecule has 0 aromatic carbocycles. The van der Waals surface area contributed by atoms with Crippen LogP contribution in [0.1, 0.15) is 11.3 Å². The monoisotopic (exact) mass is 364 g/mol. The van der Waals surface area contributed by atoms with E-state index in [-0.39, 0.29) is 16.1 Å². The Balaban J connectivity index is 2.03. The van der Waals surface area contributed by atoms with E-state index in [1.165, 1.54) is 6.07 Å². The first-order chi connectivity index (χ1) is 9.03. The third kappa shape index (κ3) is 3.67. The molecule has 2 heterocycles. The van der Waals surface area contributed by atoms with Gasteiger partial charge in [0.2, 0.25) is 10.0 Å². The summed E-state index contributed by atoms with van der Waals surface area (Å²) in [6.07, 6.45) is 0.655. The standard InChI is InChI=1S/C11H13BrN2O3S2/c12-11-10(5-9(6-13)17-11)19(15,16)14-3-1-8-2-4-18-7-8/h2,4-5,7,14H,1,3,6,13H2. The zero-order chi connectivity index (χ0) is 13.9. The highest BCUT2D eigenvalue weighted by Crippen LogP contribution is 2.25. The lowest BCUT2D eigenvalue weighted by Gasteiger charge is -2.04. The minimum absolute atomic E-state index is 0.0817. The van der Waals surface area contributed by atoms with Gasteiger partial charge in [-0.1, -0.05) is 0 Å². The number of nitrogens with two attached hydrogens (primary N) is 1. The molecular weight excluding hydrogens is 352 g/mol. The highest BCUT2D eigenvalue weighted by Gasteiger charge is 2.21. The third-order valence-electron chi connectivity index (χ3n) is 2.48. The van der Waals surface area contributed by atoms with Gasteiger partial charge in [0.05, 0.1) is 6.54 Å². The Morgan fingerprint density at radius 2 is 2.26 bits per heavy atom. The normalized spacial score (nSPS) is 11.9. The molecular formula is C11H13BrN2O3S2. The predicted octanol–water partition coefficient (Wildman–Crippen LogP) is 2.08. The van der Waals surface area contributed by atoms with Gasteiger partial charge in [-0.15, -0.1) is 0 Å². The summed E-state index contributed by atoms with van der Waals surface area (Å²) < 4.78 is 32.0. The van der Waals surface area contributed by atoms with Crippen LogP contribution >= 0.6 is 27.3 Å². The Kier molecular flexibility index (Phi) is 4.80. The van der Waals surface area contributed by atoms with E-state index in [0.29, 0.717) is 18.7 Å². The van der Waals surface area contributed by atoms with E-state index < -0.39 is 10.0 Å². The largest absolute Gasteiger partial charge is 0.452 e. The summed E-state index contributed by atoms with van der Waals surface area (Å²) in [5.41, 5.74) is 6.52. The fraction of sp³-hybridized carbons (Fsp3) is 0.273. The second-order valence-corrected chi connectivity index (χ2v) is 7.07. The Bertz CT molecular complexity index is 635. The quantitative estimate of drug-likeness (QED) is 0.821. The van der Waals surface area contributed by atoms with Gasteiger partial charge in [-0.25, -0.2) is 13.1 Å². The lowest BCUT2D eigenvalue weighted by atomic mass is 10.2. The zero-order valence-corrected chi connectivity index (χ0v) is 13.1. The highest BCUT2D eigenvalue weighted by molar-refractivity contribution is 9.10. The Morgan fingerprint density at radius 1 is 1.47 bits per heavy atom. The molecule has 0 fully saturated rings. The van der Waals surface area contributed by atoms with Gasteiger partial charge in [-0.3, -0.25) is 0 Å². The molecule has 2 aromatic rings. The van der Waals surface area contributed by atoms with E-state index >= 15 is 0 Å². The van der Waals surface area contributed by atoms with Gasteiger partial charge in [-0.2, -0.15) is 11.3 Å². The molecule has 0 aliphatic carbocycles. The molecule has 19 heavy (non-hydrogen) atoms. The second kappa shape index (κ2) is 6.19. The van der Waals surface area contributed by atoms with Crippen molar-refractivity contribution < 1.29 is 12.8 Å². The molecule has 2 aromatic heterocycles. The number of nitrogens with one attached hydrogen (secondary N) is 1. The van der Waals surface area contributed by atoms with Crippen LogP contribution in [-0.4, -0.2) is 15.0 Å².